The summed E-state index contributed by atoms with van der Waals surface area (Å²) in [5.74, 6) is 4.77. The minimum absolute atomic E-state index is 0.532. The van der Waals surface area contributed by atoms with Crippen LogP contribution in [0, 0.1) is 0 Å². The van der Waals surface area contributed by atoms with Crippen LogP contribution in [-0.2, 0) is 18.1 Å². The third-order valence-electron chi connectivity index (χ3n) is 5.33. The van der Waals surface area contributed by atoms with E-state index in [1.165, 1.54) is 21.6 Å². The third-order valence-corrected chi connectivity index (χ3v) is 7.61. The Labute approximate surface area is 212 Å². The molecule has 0 aromatic heterocycles. The van der Waals surface area contributed by atoms with Crippen molar-refractivity contribution in [3.8, 4) is 11.5 Å². The smallest absolute Gasteiger partial charge is 0.118 e. The number of anilines is 1. The fraction of sp³-hybridized carbons (Fsp3) is 0.333. The van der Waals surface area contributed by atoms with E-state index in [1.807, 2.05) is 47.8 Å². The summed E-state index contributed by atoms with van der Waals surface area (Å²) in [4.78, 5) is 1.23. The lowest BCUT2D eigenvalue weighted by atomic mass is 10.2. The number of methoxy groups -OCH3 is 2. The molecule has 0 fully saturated rings. The molecule has 0 radical (unpaired) electrons. The van der Waals surface area contributed by atoms with Gasteiger partial charge in [-0.05, 0) is 47.0 Å². The average Bonchev–Trinajstić information content (AvgIpc) is 2.89. The molecule has 0 amide bonds. The molecule has 0 atom stereocenters. The summed E-state index contributed by atoms with van der Waals surface area (Å²) in [6, 6.07) is 22.8. The van der Waals surface area contributed by atoms with Crippen LogP contribution >= 0.6 is 23.5 Å². The zero-order valence-electron chi connectivity index (χ0n) is 20.0. The van der Waals surface area contributed by atoms with Crippen molar-refractivity contribution in [3.63, 3.8) is 0 Å². The van der Waals surface area contributed by atoms with E-state index in [9.17, 15) is 0 Å². The Morgan fingerprint density at radius 2 is 1.41 bits per heavy atom. The van der Waals surface area contributed by atoms with E-state index < -0.39 is 0 Å². The van der Waals surface area contributed by atoms with E-state index >= 15 is 0 Å². The number of thioether (sulfide) groups is 2. The predicted octanol–water partition coefficient (Wildman–Crippen LogP) is 5.39. The Kier molecular flexibility index (Phi) is 11.5. The van der Waals surface area contributed by atoms with Crippen LogP contribution in [0.1, 0.15) is 16.7 Å². The molecule has 5 nitrogen and oxygen atoms in total. The fourth-order valence-corrected chi connectivity index (χ4v) is 5.40. The molecular weight excluding hydrogens is 462 g/mol. The zero-order chi connectivity index (χ0) is 24.0. The maximum atomic E-state index is 6.03. The number of benzene rings is 3. The van der Waals surface area contributed by atoms with Crippen molar-refractivity contribution in [1.82, 2.24) is 5.32 Å². The summed E-state index contributed by atoms with van der Waals surface area (Å²) in [5, 5.41) is 7.12. The van der Waals surface area contributed by atoms with Crippen LogP contribution in [0.4, 0.5) is 5.69 Å². The number of nitrogens with one attached hydrogen (secondary N) is 2. The van der Waals surface area contributed by atoms with Gasteiger partial charge in [-0.2, -0.15) is 11.8 Å². The molecule has 0 saturated heterocycles. The minimum Gasteiger partial charge on any atom is -0.497 e. The molecule has 0 aliphatic carbocycles. The average molecular weight is 498 g/mol. The van der Waals surface area contributed by atoms with Gasteiger partial charge in [-0.25, -0.2) is 0 Å². The van der Waals surface area contributed by atoms with Gasteiger partial charge in [0.2, 0.25) is 0 Å². The minimum atomic E-state index is 0.532. The number of hydrogen-bond donors (Lipinski definition) is 3. The number of nitrogens with two attached hydrogens (primary N) is 1. The van der Waals surface area contributed by atoms with E-state index in [0.29, 0.717) is 6.54 Å². The Balaban J connectivity index is 1.38. The van der Waals surface area contributed by atoms with Crippen molar-refractivity contribution >= 4 is 29.2 Å². The molecular formula is C27H35N3O2S2. The molecule has 3 rings (SSSR count). The normalized spacial score (nSPS) is 10.8. The standard InChI is InChI=1S/C27H35N3O2S2/c1-31-24-10-6-21(7-11-24)19-33-17-16-29-14-15-30-26-5-3-4-23(18-28)27(26)34-20-22-8-12-25(32-2)13-9-22/h3-13,29-30H,14-20,28H2,1-2H3. The van der Waals surface area contributed by atoms with E-state index in [4.69, 9.17) is 15.2 Å². The van der Waals surface area contributed by atoms with Gasteiger partial charge in [-0.1, -0.05) is 36.4 Å². The number of rotatable bonds is 15. The molecule has 0 spiro atoms. The van der Waals surface area contributed by atoms with Crippen molar-refractivity contribution in [2.45, 2.75) is 22.9 Å². The van der Waals surface area contributed by atoms with Crippen LogP contribution in [-0.4, -0.2) is 39.6 Å². The van der Waals surface area contributed by atoms with Gasteiger partial charge in [0.05, 0.1) is 14.2 Å². The lowest BCUT2D eigenvalue weighted by molar-refractivity contribution is 0.414. The van der Waals surface area contributed by atoms with Crippen molar-refractivity contribution in [1.29, 1.82) is 0 Å². The van der Waals surface area contributed by atoms with Gasteiger partial charge in [0.25, 0.3) is 0 Å². The first-order valence-electron chi connectivity index (χ1n) is 11.5. The molecule has 3 aromatic rings. The van der Waals surface area contributed by atoms with Gasteiger partial charge in [0.15, 0.2) is 0 Å². The molecule has 7 heteroatoms. The van der Waals surface area contributed by atoms with E-state index in [2.05, 4.69) is 53.1 Å². The monoisotopic (exact) mass is 497 g/mol. The van der Waals surface area contributed by atoms with Gasteiger partial charge in [-0.15, -0.1) is 11.8 Å². The van der Waals surface area contributed by atoms with Crippen molar-refractivity contribution in [3.05, 3.63) is 83.4 Å². The lowest BCUT2D eigenvalue weighted by Crippen LogP contribution is -2.24. The quantitative estimate of drug-likeness (QED) is 0.192. The second-order valence-electron chi connectivity index (χ2n) is 7.71. The molecule has 0 aliphatic rings. The van der Waals surface area contributed by atoms with E-state index in [0.717, 1.165) is 54.1 Å². The SMILES string of the molecule is COc1ccc(CSCCNCCNc2cccc(CN)c2SCc2ccc(OC)cc2)cc1. The van der Waals surface area contributed by atoms with E-state index in [-0.39, 0.29) is 0 Å². The van der Waals surface area contributed by atoms with Gasteiger partial charge in [0.1, 0.15) is 11.5 Å². The number of hydrogen-bond acceptors (Lipinski definition) is 7. The molecule has 0 saturated carbocycles. The first-order valence-corrected chi connectivity index (χ1v) is 13.6. The Morgan fingerprint density at radius 3 is 2.03 bits per heavy atom. The van der Waals surface area contributed by atoms with Crippen LogP contribution in [0.3, 0.4) is 0 Å². The maximum absolute atomic E-state index is 6.03. The van der Waals surface area contributed by atoms with Gasteiger partial charge >= 0.3 is 0 Å². The molecule has 0 heterocycles. The Hall–Kier alpha value is -2.32. The summed E-state index contributed by atoms with van der Waals surface area (Å²) in [6.07, 6.45) is 0. The molecule has 182 valence electrons. The molecule has 0 unspecified atom stereocenters. The number of ether oxygens (including phenoxy) is 2. The first-order chi connectivity index (χ1) is 16.7. The zero-order valence-corrected chi connectivity index (χ0v) is 21.6. The highest BCUT2D eigenvalue weighted by Gasteiger charge is 2.09. The summed E-state index contributed by atoms with van der Waals surface area (Å²) in [6.45, 7) is 3.31. The second kappa shape index (κ2) is 14.8. The van der Waals surface area contributed by atoms with Crippen LogP contribution < -0.4 is 25.8 Å². The highest BCUT2D eigenvalue weighted by molar-refractivity contribution is 7.98. The van der Waals surface area contributed by atoms with Crippen LogP contribution in [0.2, 0.25) is 0 Å². The molecule has 34 heavy (non-hydrogen) atoms. The molecule has 0 bridgehead atoms. The van der Waals surface area contributed by atoms with Crippen molar-refractivity contribution in [2.24, 2.45) is 5.73 Å². The largest absolute Gasteiger partial charge is 0.497 e. The second-order valence-corrected chi connectivity index (χ2v) is 9.80. The van der Waals surface area contributed by atoms with Crippen molar-refractivity contribution < 1.29 is 9.47 Å². The van der Waals surface area contributed by atoms with Crippen molar-refractivity contribution in [2.75, 3.05) is 44.9 Å². The fourth-order valence-electron chi connectivity index (χ4n) is 3.40. The van der Waals surface area contributed by atoms with Crippen LogP contribution in [0.25, 0.3) is 0 Å². The molecule has 4 N–H and O–H groups in total. The van der Waals surface area contributed by atoms with Gasteiger partial charge in [-0.3, -0.25) is 0 Å². The summed E-state index contributed by atoms with van der Waals surface area (Å²) in [7, 11) is 3.39. The highest BCUT2D eigenvalue weighted by atomic mass is 32.2. The third kappa shape index (κ3) is 8.47. The summed E-state index contributed by atoms with van der Waals surface area (Å²) < 4.78 is 10.5. The summed E-state index contributed by atoms with van der Waals surface area (Å²) in [5.41, 5.74) is 10.9. The van der Waals surface area contributed by atoms with Gasteiger partial charge < -0.3 is 25.8 Å². The highest BCUT2D eigenvalue weighted by Crippen LogP contribution is 2.33. The molecule has 3 aromatic carbocycles. The van der Waals surface area contributed by atoms with Crippen LogP contribution in [0.15, 0.2) is 71.6 Å². The van der Waals surface area contributed by atoms with Crippen LogP contribution in [0.5, 0.6) is 11.5 Å². The topological polar surface area (TPSA) is 68.5 Å². The Bertz CT molecular complexity index is 982. The Morgan fingerprint density at radius 1 is 0.765 bits per heavy atom. The van der Waals surface area contributed by atoms with E-state index in [1.54, 1.807) is 14.2 Å². The lowest BCUT2D eigenvalue weighted by Gasteiger charge is -2.16. The predicted molar refractivity (Wildman–Crippen MR) is 147 cm³/mol. The van der Waals surface area contributed by atoms with Gasteiger partial charge in [0, 0.05) is 54.0 Å². The maximum Gasteiger partial charge on any atom is 0.118 e. The molecule has 0 aliphatic heterocycles. The summed E-state index contributed by atoms with van der Waals surface area (Å²) >= 11 is 3.76. The first kappa shape index (κ1) is 26.3.